The lowest BCUT2D eigenvalue weighted by molar-refractivity contribution is -0.120. The standard InChI is InChI=1S/C25H17BrCl2N2O4/c1-13-11-16(26)12-14(2)22(13)34-25(33)15-3-7-18(8-4-15)29-21-20(28)23(31)30(24(21)32)19-9-5-17(27)6-10-19/h3-12,29H,1-2H3. The zero-order valence-corrected chi connectivity index (χ0v) is 21.1. The number of hydrogen-bond acceptors (Lipinski definition) is 5. The Hall–Kier alpha value is -3.13. The second kappa shape index (κ2) is 9.62. The second-order valence-corrected chi connectivity index (χ2v) is 9.30. The maximum atomic E-state index is 12.9. The molecule has 4 rings (SSSR count). The Labute approximate surface area is 214 Å². The molecule has 1 N–H and O–H groups in total. The average molecular weight is 560 g/mol. The van der Waals surface area contributed by atoms with Crippen molar-refractivity contribution in [3.05, 3.63) is 97.6 Å². The Balaban J connectivity index is 1.49. The number of halogens is 3. The molecule has 172 valence electrons. The van der Waals surface area contributed by atoms with Crippen molar-refractivity contribution in [3.8, 4) is 5.75 Å². The van der Waals surface area contributed by atoms with Crippen molar-refractivity contribution in [2.24, 2.45) is 0 Å². The van der Waals surface area contributed by atoms with Crippen LogP contribution in [0, 0.1) is 13.8 Å². The van der Waals surface area contributed by atoms with E-state index in [0.29, 0.717) is 27.7 Å². The van der Waals surface area contributed by atoms with Gasteiger partial charge in [0.15, 0.2) is 0 Å². The highest BCUT2D eigenvalue weighted by molar-refractivity contribution is 9.10. The molecule has 0 radical (unpaired) electrons. The number of nitrogens with one attached hydrogen (secondary N) is 1. The van der Waals surface area contributed by atoms with E-state index in [1.54, 1.807) is 48.5 Å². The third kappa shape index (κ3) is 4.73. The van der Waals surface area contributed by atoms with Crippen LogP contribution in [0.15, 0.2) is 75.9 Å². The summed E-state index contributed by atoms with van der Waals surface area (Å²) in [7, 11) is 0. The summed E-state index contributed by atoms with van der Waals surface area (Å²) in [5, 5.41) is 3.12. The van der Waals surface area contributed by atoms with Gasteiger partial charge in [-0.2, -0.15) is 0 Å². The number of anilines is 2. The number of aryl methyl sites for hydroxylation is 2. The van der Waals surface area contributed by atoms with Crippen molar-refractivity contribution >= 4 is 68.3 Å². The van der Waals surface area contributed by atoms with Crippen LogP contribution in [-0.4, -0.2) is 17.8 Å². The summed E-state index contributed by atoms with van der Waals surface area (Å²) < 4.78 is 6.49. The molecular formula is C25H17BrCl2N2O4. The number of rotatable bonds is 5. The molecule has 6 nitrogen and oxygen atoms in total. The normalized spacial score (nSPS) is 13.5. The maximum Gasteiger partial charge on any atom is 0.343 e. The topological polar surface area (TPSA) is 75.7 Å². The van der Waals surface area contributed by atoms with Crippen LogP contribution in [-0.2, 0) is 9.59 Å². The molecule has 0 bridgehead atoms. The van der Waals surface area contributed by atoms with Gasteiger partial charge in [-0.1, -0.05) is 39.1 Å². The third-order valence-corrected chi connectivity index (χ3v) is 6.18. The van der Waals surface area contributed by atoms with E-state index >= 15 is 0 Å². The molecule has 3 aromatic rings. The van der Waals surface area contributed by atoms with Crippen LogP contribution in [0.3, 0.4) is 0 Å². The first-order valence-corrected chi connectivity index (χ1v) is 11.6. The fourth-order valence-electron chi connectivity index (χ4n) is 3.48. The van der Waals surface area contributed by atoms with E-state index in [1.807, 2.05) is 26.0 Å². The lowest BCUT2D eigenvalue weighted by Gasteiger charge is -2.15. The van der Waals surface area contributed by atoms with Gasteiger partial charge in [0.25, 0.3) is 11.8 Å². The molecule has 1 aliphatic heterocycles. The first-order chi connectivity index (χ1) is 16.2. The summed E-state index contributed by atoms with van der Waals surface area (Å²) >= 11 is 15.5. The number of nitrogens with zero attached hydrogens (tertiary/aromatic N) is 1. The van der Waals surface area contributed by atoms with E-state index in [2.05, 4.69) is 21.2 Å². The second-order valence-electron chi connectivity index (χ2n) is 7.57. The fourth-order valence-corrected chi connectivity index (χ4v) is 4.51. The molecule has 0 aliphatic carbocycles. The highest BCUT2D eigenvalue weighted by Crippen LogP contribution is 2.31. The molecule has 2 amide bonds. The van der Waals surface area contributed by atoms with Crippen molar-refractivity contribution in [2.45, 2.75) is 13.8 Å². The van der Waals surface area contributed by atoms with Gasteiger partial charge in [-0.05, 0) is 85.6 Å². The summed E-state index contributed by atoms with van der Waals surface area (Å²) in [5.74, 6) is -1.25. The van der Waals surface area contributed by atoms with Gasteiger partial charge in [0, 0.05) is 15.2 Å². The van der Waals surface area contributed by atoms with E-state index in [0.717, 1.165) is 20.5 Å². The molecule has 9 heteroatoms. The Bertz CT molecular complexity index is 1330. The Morgan fingerprint density at radius 2 is 1.50 bits per heavy atom. The third-order valence-electron chi connectivity index (χ3n) is 5.12. The number of ether oxygens (including phenoxy) is 1. The minimum atomic E-state index is -0.642. The molecule has 3 aromatic carbocycles. The zero-order valence-electron chi connectivity index (χ0n) is 18.0. The smallest absolute Gasteiger partial charge is 0.343 e. The summed E-state index contributed by atoms with van der Waals surface area (Å²) in [6, 6.07) is 16.3. The predicted octanol–water partition coefficient (Wildman–Crippen LogP) is 6.37. The number of imide groups is 1. The predicted molar refractivity (Wildman–Crippen MR) is 135 cm³/mol. The Morgan fingerprint density at radius 3 is 2.09 bits per heavy atom. The maximum absolute atomic E-state index is 12.9. The van der Waals surface area contributed by atoms with Crippen molar-refractivity contribution in [1.29, 1.82) is 0 Å². The SMILES string of the molecule is Cc1cc(Br)cc(C)c1OC(=O)c1ccc(NC2=C(Cl)C(=O)N(c3ccc(Cl)cc3)C2=O)cc1. The minimum absolute atomic E-state index is 0.0574. The summed E-state index contributed by atoms with van der Waals surface area (Å²) in [6.45, 7) is 3.72. The van der Waals surface area contributed by atoms with E-state index in [-0.39, 0.29) is 10.7 Å². The molecule has 1 heterocycles. The first kappa shape index (κ1) is 24.0. The van der Waals surface area contributed by atoms with E-state index in [4.69, 9.17) is 27.9 Å². The highest BCUT2D eigenvalue weighted by atomic mass is 79.9. The van der Waals surface area contributed by atoms with Crippen molar-refractivity contribution in [2.75, 3.05) is 10.2 Å². The van der Waals surface area contributed by atoms with Gasteiger partial charge < -0.3 is 10.1 Å². The highest BCUT2D eigenvalue weighted by Gasteiger charge is 2.38. The van der Waals surface area contributed by atoms with Crippen LogP contribution in [0.2, 0.25) is 5.02 Å². The van der Waals surface area contributed by atoms with E-state index < -0.39 is 17.8 Å². The van der Waals surface area contributed by atoms with E-state index in [1.165, 1.54) is 0 Å². The summed E-state index contributed by atoms with van der Waals surface area (Å²) in [5.41, 5.74) is 2.75. The minimum Gasteiger partial charge on any atom is -0.422 e. The van der Waals surface area contributed by atoms with Crippen molar-refractivity contribution < 1.29 is 19.1 Å². The van der Waals surface area contributed by atoms with Gasteiger partial charge in [0.1, 0.15) is 16.5 Å². The zero-order chi connectivity index (χ0) is 24.6. The molecular weight excluding hydrogens is 543 g/mol. The number of esters is 1. The van der Waals surface area contributed by atoms with Crippen LogP contribution in [0.4, 0.5) is 11.4 Å². The van der Waals surface area contributed by atoms with Crippen LogP contribution < -0.4 is 15.0 Å². The van der Waals surface area contributed by atoms with Crippen LogP contribution in [0.25, 0.3) is 0 Å². The number of carbonyl (C=O) groups is 3. The Kier molecular flexibility index (Phi) is 6.79. The first-order valence-electron chi connectivity index (χ1n) is 10.1. The Morgan fingerprint density at radius 1 is 0.912 bits per heavy atom. The molecule has 0 atom stereocenters. The van der Waals surface area contributed by atoms with Gasteiger partial charge in [-0.3, -0.25) is 9.59 Å². The van der Waals surface area contributed by atoms with Crippen molar-refractivity contribution in [3.63, 3.8) is 0 Å². The van der Waals surface area contributed by atoms with Gasteiger partial charge in [-0.15, -0.1) is 0 Å². The van der Waals surface area contributed by atoms with Crippen LogP contribution in [0.5, 0.6) is 5.75 Å². The molecule has 0 spiro atoms. The fraction of sp³-hybridized carbons (Fsp3) is 0.0800. The lowest BCUT2D eigenvalue weighted by Crippen LogP contribution is -2.32. The molecule has 0 fully saturated rings. The quantitative estimate of drug-likeness (QED) is 0.223. The summed E-state index contributed by atoms with van der Waals surface area (Å²) in [4.78, 5) is 39.0. The molecule has 0 unspecified atom stereocenters. The van der Waals surface area contributed by atoms with Crippen LogP contribution >= 0.6 is 39.1 Å². The largest absolute Gasteiger partial charge is 0.422 e. The van der Waals surface area contributed by atoms with Crippen molar-refractivity contribution in [1.82, 2.24) is 0 Å². The summed E-state index contributed by atoms with van der Waals surface area (Å²) in [6.07, 6.45) is 0. The van der Waals surface area contributed by atoms with Gasteiger partial charge in [0.2, 0.25) is 0 Å². The van der Waals surface area contributed by atoms with Gasteiger partial charge >= 0.3 is 5.97 Å². The van der Waals surface area contributed by atoms with Crippen LogP contribution in [0.1, 0.15) is 21.5 Å². The van der Waals surface area contributed by atoms with Gasteiger partial charge in [0.05, 0.1) is 11.3 Å². The number of carbonyl (C=O) groups excluding carboxylic acids is 3. The number of hydrogen-bond donors (Lipinski definition) is 1. The molecule has 0 saturated carbocycles. The van der Waals surface area contributed by atoms with E-state index in [9.17, 15) is 14.4 Å². The lowest BCUT2D eigenvalue weighted by atomic mass is 10.1. The monoisotopic (exact) mass is 558 g/mol. The molecule has 1 aliphatic rings. The average Bonchev–Trinajstić information content (AvgIpc) is 3.00. The van der Waals surface area contributed by atoms with Gasteiger partial charge in [-0.25, -0.2) is 9.69 Å². The number of amides is 2. The molecule has 0 saturated heterocycles. The number of benzene rings is 3. The molecule has 34 heavy (non-hydrogen) atoms. The molecule has 0 aromatic heterocycles.